The van der Waals surface area contributed by atoms with Gasteiger partial charge in [0, 0.05) is 37.6 Å². The first-order valence-electron chi connectivity index (χ1n) is 7.25. The number of esters is 1. The summed E-state index contributed by atoms with van der Waals surface area (Å²) in [6, 6.07) is 4.13. The van der Waals surface area contributed by atoms with Gasteiger partial charge in [-0.05, 0) is 18.2 Å². The summed E-state index contributed by atoms with van der Waals surface area (Å²) in [7, 11) is -3.70. The molecule has 0 radical (unpaired) electrons. The first-order valence-corrected chi connectivity index (χ1v) is 9.45. The molecular formula is C14H16Cl2N2O4S. The molecule has 2 aliphatic rings. The molecule has 1 atom stereocenters. The fraction of sp³-hybridized carbons (Fsp3) is 0.500. The molecule has 1 aromatic carbocycles. The van der Waals surface area contributed by atoms with Crippen LogP contribution >= 0.6 is 23.2 Å². The summed E-state index contributed by atoms with van der Waals surface area (Å²) in [6.45, 7) is 2.00. The summed E-state index contributed by atoms with van der Waals surface area (Å²) in [6.07, 6.45) is 0.658. The minimum absolute atomic E-state index is 0.0143. The first-order chi connectivity index (χ1) is 10.9. The highest BCUT2D eigenvalue weighted by Gasteiger charge is 2.37. The second-order valence-corrected chi connectivity index (χ2v) is 8.24. The summed E-state index contributed by atoms with van der Waals surface area (Å²) >= 11 is 11.9. The van der Waals surface area contributed by atoms with Crippen LogP contribution in [0.1, 0.15) is 6.42 Å². The van der Waals surface area contributed by atoms with Gasteiger partial charge < -0.3 is 4.74 Å². The third-order valence-corrected chi connectivity index (χ3v) is 6.75. The van der Waals surface area contributed by atoms with E-state index in [9.17, 15) is 13.2 Å². The maximum atomic E-state index is 12.7. The summed E-state index contributed by atoms with van der Waals surface area (Å²) in [5.41, 5.74) is 0. The van der Waals surface area contributed by atoms with E-state index in [-0.39, 0.29) is 21.9 Å². The summed E-state index contributed by atoms with van der Waals surface area (Å²) in [5.74, 6) is -0.223. The Hall–Kier alpha value is -0.860. The lowest BCUT2D eigenvalue weighted by Crippen LogP contribution is -2.53. The molecule has 2 heterocycles. The number of piperazine rings is 1. The number of nitrogens with zero attached hydrogens (tertiary/aromatic N) is 2. The number of hydrogen-bond donors (Lipinski definition) is 0. The largest absolute Gasteiger partial charge is 0.464 e. The topological polar surface area (TPSA) is 66.9 Å². The van der Waals surface area contributed by atoms with Gasteiger partial charge in [0.25, 0.3) is 0 Å². The van der Waals surface area contributed by atoms with Gasteiger partial charge >= 0.3 is 5.97 Å². The van der Waals surface area contributed by atoms with E-state index in [0.29, 0.717) is 44.2 Å². The molecule has 0 saturated carbocycles. The van der Waals surface area contributed by atoms with E-state index in [1.54, 1.807) is 6.07 Å². The van der Waals surface area contributed by atoms with Gasteiger partial charge in [0.2, 0.25) is 10.0 Å². The van der Waals surface area contributed by atoms with Crippen LogP contribution in [0.5, 0.6) is 0 Å². The Morgan fingerprint density at radius 2 is 1.83 bits per heavy atom. The monoisotopic (exact) mass is 378 g/mol. The van der Waals surface area contributed by atoms with Crippen molar-refractivity contribution in [2.75, 3.05) is 32.8 Å². The molecule has 2 saturated heterocycles. The highest BCUT2D eigenvalue weighted by molar-refractivity contribution is 7.89. The molecular weight excluding hydrogens is 363 g/mol. The molecule has 23 heavy (non-hydrogen) atoms. The zero-order valence-corrected chi connectivity index (χ0v) is 14.6. The maximum absolute atomic E-state index is 12.7. The van der Waals surface area contributed by atoms with E-state index in [1.807, 2.05) is 4.90 Å². The van der Waals surface area contributed by atoms with Crippen LogP contribution in [-0.4, -0.2) is 62.4 Å². The van der Waals surface area contributed by atoms with E-state index < -0.39 is 10.0 Å². The number of rotatable bonds is 3. The van der Waals surface area contributed by atoms with Crippen LogP contribution in [0.3, 0.4) is 0 Å². The molecule has 126 valence electrons. The number of halogens is 2. The molecule has 0 spiro atoms. The lowest BCUT2D eigenvalue weighted by Gasteiger charge is -2.35. The van der Waals surface area contributed by atoms with Crippen molar-refractivity contribution in [1.82, 2.24) is 9.21 Å². The number of carbonyl (C=O) groups is 1. The molecule has 0 amide bonds. The Balaban J connectivity index is 1.73. The van der Waals surface area contributed by atoms with Gasteiger partial charge in [-0.15, -0.1) is 0 Å². The van der Waals surface area contributed by atoms with Crippen LogP contribution in [0.4, 0.5) is 0 Å². The van der Waals surface area contributed by atoms with Crippen molar-refractivity contribution in [3.8, 4) is 0 Å². The number of cyclic esters (lactones) is 1. The van der Waals surface area contributed by atoms with Gasteiger partial charge in [0.05, 0.1) is 11.6 Å². The molecule has 9 heteroatoms. The number of hydrogen-bond acceptors (Lipinski definition) is 5. The Labute approximate surface area is 145 Å². The van der Waals surface area contributed by atoms with Gasteiger partial charge in [-0.3, -0.25) is 9.69 Å². The van der Waals surface area contributed by atoms with E-state index in [1.165, 1.54) is 16.4 Å². The molecule has 2 aliphatic heterocycles. The van der Waals surface area contributed by atoms with Crippen molar-refractivity contribution in [3.05, 3.63) is 28.2 Å². The predicted octanol–water partition coefficient (Wildman–Crippen LogP) is 1.62. The molecule has 0 bridgehead atoms. The SMILES string of the molecule is O=C1OCC[C@@H]1N1CCN(S(=O)(=O)c2cc(Cl)ccc2Cl)CC1. The third kappa shape index (κ3) is 3.34. The van der Waals surface area contributed by atoms with Gasteiger partial charge in [-0.1, -0.05) is 23.2 Å². The fourth-order valence-corrected chi connectivity index (χ4v) is 5.05. The van der Waals surface area contributed by atoms with E-state index in [2.05, 4.69) is 0 Å². The molecule has 0 aliphatic carbocycles. The molecule has 3 rings (SSSR count). The van der Waals surface area contributed by atoms with Crippen molar-refractivity contribution in [3.63, 3.8) is 0 Å². The zero-order valence-electron chi connectivity index (χ0n) is 12.2. The summed E-state index contributed by atoms with van der Waals surface area (Å²) < 4.78 is 31.8. The van der Waals surface area contributed by atoms with Gasteiger partial charge in [0.1, 0.15) is 10.9 Å². The highest BCUT2D eigenvalue weighted by atomic mass is 35.5. The highest BCUT2D eigenvalue weighted by Crippen LogP contribution is 2.28. The molecule has 0 aromatic heterocycles. The van der Waals surface area contributed by atoms with Gasteiger partial charge in [0.15, 0.2) is 0 Å². The number of ether oxygens (including phenoxy) is 1. The van der Waals surface area contributed by atoms with Crippen LogP contribution in [-0.2, 0) is 19.6 Å². The van der Waals surface area contributed by atoms with Gasteiger partial charge in [-0.2, -0.15) is 4.31 Å². The second kappa shape index (κ2) is 6.57. The first kappa shape index (κ1) is 17.0. The summed E-state index contributed by atoms with van der Waals surface area (Å²) in [4.78, 5) is 13.6. The Morgan fingerprint density at radius 3 is 2.43 bits per heavy atom. The number of sulfonamides is 1. The third-order valence-electron chi connectivity index (χ3n) is 4.13. The number of carbonyl (C=O) groups excluding carboxylic acids is 1. The van der Waals surface area contributed by atoms with E-state index in [0.717, 1.165) is 0 Å². The fourth-order valence-electron chi connectivity index (χ4n) is 2.89. The predicted molar refractivity (Wildman–Crippen MR) is 86.2 cm³/mol. The normalized spacial score (nSPS) is 23.9. The zero-order chi connectivity index (χ0) is 16.6. The molecule has 0 N–H and O–H groups in total. The quantitative estimate of drug-likeness (QED) is 0.747. The Bertz CT molecular complexity index is 717. The van der Waals surface area contributed by atoms with Crippen LogP contribution in [0.2, 0.25) is 10.0 Å². The Kier molecular flexibility index (Phi) is 4.85. The number of benzene rings is 1. The van der Waals surface area contributed by atoms with Crippen molar-refractivity contribution in [1.29, 1.82) is 0 Å². The van der Waals surface area contributed by atoms with Crippen molar-refractivity contribution in [2.24, 2.45) is 0 Å². The van der Waals surface area contributed by atoms with Crippen LogP contribution in [0, 0.1) is 0 Å². The minimum atomic E-state index is -3.70. The van der Waals surface area contributed by atoms with Crippen molar-refractivity contribution < 1.29 is 17.9 Å². The smallest absolute Gasteiger partial charge is 0.323 e. The average Bonchev–Trinajstić information content (AvgIpc) is 2.96. The van der Waals surface area contributed by atoms with Crippen molar-refractivity contribution >= 4 is 39.2 Å². The maximum Gasteiger partial charge on any atom is 0.323 e. The standard InChI is InChI=1S/C14H16Cl2N2O4S/c15-10-1-2-11(16)13(9-10)23(20,21)18-6-4-17(5-7-18)12-3-8-22-14(12)19/h1-2,9,12H,3-8H2/t12-/m0/s1. The molecule has 0 unspecified atom stereocenters. The van der Waals surface area contributed by atoms with E-state index in [4.69, 9.17) is 27.9 Å². The van der Waals surface area contributed by atoms with Crippen LogP contribution in [0.25, 0.3) is 0 Å². The molecule has 1 aromatic rings. The minimum Gasteiger partial charge on any atom is -0.464 e. The van der Waals surface area contributed by atoms with Crippen LogP contribution < -0.4 is 0 Å². The molecule has 2 fully saturated rings. The van der Waals surface area contributed by atoms with Crippen LogP contribution in [0.15, 0.2) is 23.1 Å². The summed E-state index contributed by atoms with van der Waals surface area (Å²) in [5, 5.41) is 0.469. The van der Waals surface area contributed by atoms with Gasteiger partial charge in [-0.25, -0.2) is 8.42 Å². The Morgan fingerprint density at radius 1 is 1.13 bits per heavy atom. The molecule has 6 nitrogen and oxygen atoms in total. The second-order valence-electron chi connectivity index (χ2n) is 5.49. The lowest BCUT2D eigenvalue weighted by atomic mass is 10.2. The lowest BCUT2D eigenvalue weighted by molar-refractivity contribution is -0.142. The average molecular weight is 379 g/mol. The van der Waals surface area contributed by atoms with E-state index >= 15 is 0 Å². The van der Waals surface area contributed by atoms with Crippen molar-refractivity contribution in [2.45, 2.75) is 17.4 Å².